The zero-order valence-corrected chi connectivity index (χ0v) is 18.0. The second-order valence-electron chi connectivity index (χ2n) is 7.76. The molecule has 4 N–H and O–H groups in total. The number of hydrogen-bond donors (Lipinski definition) is 4. The lowest BCUT2D eigenvalue weighted by Gasteiger charge is -2.19. The number of aromatic hydroxyl groups is 1. The van der Waals surface area contributed by atoms with E-state index in [9.17, 15) is 20.1 Å². The van der Waals surface area contributed by atoms with Crippen LogP contribution in [0.5, 0.6) is 5.75 Å². The molecule has 6 nitrogen and oxygen atoms in total. The molecule has 0 spiro atoms. The molecule has 1 aliphatic carbocycles. The number of phenols is 1. The van der Waals surface area contributed by atoms with Crippen molar-refractivity contribution in [3.8, 4) is 16.9 Å². The van der Waals surface area contributed by atoms with E-state index in [4.69, 9.17) is 16.3 Å². The highest BCUT2D eigenvalue weighted by Crippen LogP contribution is 2.44. The summed E-state index contributed by atoms with van der Waals surface area (Å²) in [7, 11) is 0. The Morgan fingerprint density at radius 2 is 1.62 bits per heavy atom. The summed E-state index contributed by atoms with van der Waals surface area (Å²) in [6.07, 6.45) is -3.01. The normalized spacial score (nSPS) is 14.3. The Bertz CT molecular complexity index is 1070. The van der Waals surface area contributed by atoms with Gasteiger partial charge in [0.15, 0.2) is 0 Å². The molecule has 0 heterocycles. The van der Waals surface area contributed by atoms with Gasteiger partial charge >= 0.3 is 6.09 Å². The number of alkyl carbamates (subject to hydrolysis) is 1. The standard InChI is InChI=1S/C25H24ClNO5/c26-15-9-10-20(23(29)13-15)24(30)22(28)11-12-27-25(31)32-14-21-18-7-3-1-5-16(18)17-6-2-4-8-19(17)21/h1-10,13,21-22,24,28-30H,11-12,14H2,(H,27,31). The summed E-state index contributed by atoms with van der Waals surface area (Å²) >= 11 is 5.79. The first-order chi connectivity index (χ1) is 15.5. The van der Waals surface area contributed by atoms with Crippen molar-refractivity contribution in [2.24, 2.45) is 0 Å². The zero-order chi connectivity index (χ0) is 22.7. The van der Waals surface area contributed by atoms with Gasteiger partial charge in [-0.15, -0.1) is 0 Å². The Kier molecular flexibility index (Phi) is 6.65. The number of hydrogen-bond acceptors (Lipinski definition) is 5. The largest absolute Gasteiger partial charge is 0.508 e. The molecule has 166 valence electrons. The number of amides is 1. The Hall–Kier alpha value is -3.06. The quantitative estimate of drug-likeness (QED) is 0.426. The average Bonchev–Trinajstić information content (AvgIpc) is 3.11. The van der Waals surface area contributed by atoms with Crippen LogP contribution in [-0.2, 0) is 4.74 Å². The molecule has 3 aromatic carbocycles. The number of rotatable bonds is 7. The minimum Gasteiger partial charge on any atom is -0.508 e. The molecule has 1 aliphatic rings. The lowest BCUT2D eigenvalue weighted by molar-refractivity contribution is 0.0124. The number of halogens is 1. The van der Waals surface area contributed by atoms with Crippen LogP contribution in [0.3, 0.4) is 0 Å². The number of ether oxygens (including phenoxy) is 1. The molecule has 0 bridgehead atoms. The predicted octanol–water partition coefficient (Wildman–Crippen LogP) is 4.37. The van der Waals surface area contributed by atoms with Crippen LogP contribution in [-0.4, -0.2) is 40.7 Å². The molecular weight excluding hydrogens is 430 g/mol. The van der Waals surface area contributed by atoms with Gasteiger partial charge in [0, 0.05) is 23.0 Å². The first-order valence-electron chi connectivity index (χ1n) is 10.4. The van der Waals surface area contributed by atoms with Gasteiger partial charge < -0.3 is 25.4 Å². The summed E-state index contributed by atoms with van der Waals surface area (Å²) in [6.45, 7) is 0.299. The molecule has 0 radical (unpaired) electrons. The van der Waals surface area contributed by atoms with Gasteiger partial charge in [0.25, 0.3) is 0 Å². The van der Waals surface area contributed by atoms with Crippen LogP contribution in [0.25, 0.3) is 11.1 Å². The second-order valence-corrected chi connectivity index (χ2v) is 8.19. The Morgan fingerprint density at radius 3 is 2.25 bits per heavy atom. The van der Waals surface area contributed by atoms with E-state index in [1.54, 1.807) is 0 Å². The molecule has 0 aliphatic heterocycles. The minimum atomic E-state index is -1.31. The SMILES string of the molecule is O=C(NCCC(O)C(O)c1ccc(Cl)cc1O)OCC1c2ccccc2-c2ccccc21. The van der Waals surface area contributed by atoms with E-state index in [-0.39, 0.29) is 36.8 Å². The topological polar surface area (TPSA) is 99.0 Å². The van der Waals surface area contributed by atoms with Gasteiger partial charge in [-0.1, -0.05) is 66.2 Å². The Morgan fingerprint density at radius 1 is 1.00 bits per heavy atom. The number of phenolic OH excluding ortho intramolecular Hbond substituents is 1. The average molecular weight is 454 g/mol. The fourth-order valence-corrected chi connectivity index (χ4v) is 4.27. The predicted molar refractivity (Wildman–Crippen MR) is 122 cm³/mol. The van der Waals surface area contributed by atoms with Gasteiger partial charge in [-0.2, -0.15) is 0 Å². The maximum atomic E-state index is 12.2. The van der Waals surface area contributed by atoms with Crippen molar-refractivity contribution in [2.45, 2.75) is 24.5 Å². The number of fused-ring (bicyclic) bond motifs is 3. The molecule has 3 aromatic rings. The molecule has 7 heteroatoms. The van der Waals surface area contributed by atoms with E-state index in [0.29, 0.717) is 5.02 Å². The van der Waals surface area contributed by atoms with Crippen LogP contribution in [0, 0.1) is 0 Å². The summed E-state index contributed by atoms with van der Waals surface area (Å²) in [5.74, 6) is -0.234. The maximum Gasteiger partial charge on any atom is 0.407 e. The van der Waals surface area contributed by atoms with Gasteiger partial charge in [0.05, 0.1) is 6.10 Å². The van der Waals surface area contributed by atoms with Crippen molar-refractivity contribution in [1.82, 2.24) is 5.32 Å². The fourth-order valence-electron chi connectivity index (χ4n) is 4.10. The molecule has 2 unspecified atom stereocenters. The van der Waals surface area contributed by atoms with Crippen LogP contribution in [0.1, 0.15) is 35.1 Å². The minimum absolute atomic E-state index is 0.0338. The Labute approximate surface area is 191 Å². The van der Waals surface area contributed by atoms with Gasteiger partial charge in [-0.05, 0) is 40.8 Å². The van der Waals surface area contributed by atoms with Gasteiger partial charge in [-0.3, -0.25) is 0 Å². The third-order valence-corrected chi connectivity index (χ3v) is 5.96. The highest BCUT2D eigenvalue weighted by atomic mass is 35.5. The van der Waals surface area contributed by atoms with E-state index in [1.807, 2.05) is 36.4 Å². The van der Waals surface area contributed by atoms with Crippen LogP contribution < -0.4 is 5.32 Å². The van der Waals surface area contributed by atoms with Crippen LogP contribution in [0.15, 0.2) is 66.7 Å². The van der Waals surface area contributed by atoms with Crippen molar-refractivity contribution >= 4 is 17.7 Å². The summed E-state index contributed by atoms with van der Waals surface area (Å²) in [4.78, 5) is 12.2. The fraction of sp³-hybridized carbons (Fsp3) is 0.240. The van der Waals surface area contributed by atoms with Crippen molar-refractivity contribution in [1.29, 1.82) is 0 Å². The number of benzene rings is 3. The van der Waals surface area contributed by atoms with Crippen LogP contribution in [0.4, 0.5) is 4.79 Å². The summed E-state index contributed by atoms with van der Waals surface area (Å²) < 4.78 is 5.45. The molecule has 2 atom stereocenters. The molecule has 0 fully saturated rings. The van der Waals surface area contributed by atoms with Crippen molar-refractivity contribution in [3.05, 3.63) is 88.4 Å². The van der Waals surface area contributed by atoms with Gasteiger partial charge in [-0.25, -0.2) is 4.79 Å². The molecule has 0 aromatic heterocycles. The van der Waals surface area contributed by atoms with Crippen molar-refractivity contribution in [3.63, 3.8) is 0 Å². The lowest BCUT2D eigenvalue weighted by atomic mass is 9.98. The lowest BCUT2D eigenvalue weighted by Crippen LogP contribution is -2.30. The molecule has 1 amide bonds. The van der Waals surface area contributed by atoms with Crippen molar-refractivity contribution in [2.75, 3.05) is 13.2 Å². The Balaban J connectivity index is 1.29. The van der Waals surface area contributed by atoms with Gasteiger partial charge in [0.2, 0.25) is 0 Å². The molecule has 32 heavy (non-hydrogen) atoms. The van der Waals surface area contributed by atoms with Gasteiger partial charge in [0.1, 0.15) is 18.5 Å². The van der Waals surface area contributed by atoms with E-state index in [1.165, 1.54) is 18.2 Å². The first kappa shape index (κ1) is 22.1. The monoisotopic (exact) mass is 453 g/mol. The summed E-state index contributed by atoms with van der Waals surface area (Å²) in [5.41, 5.74) is 4.73. The number of nitrogens with one attached hydrogen (secondary N) is 1. The molecule has 0 saturated heterocycles. The number of aliphatic hydroxyl groups is 2. The van der Waals surface area contributed by atoms with Crippen molar-refractivity contribution < 1.29 is 24.9 Å². The zero-order valence-electron chi connectivity index (χ0n) is 17.2. The molecule has 4 rings (SSSR count). The van der Waals surface area contributed by atoms with Crippen LogP contribution >= 0.6 is 11.6 Å². The second kappa shape index (κ2) is 9.61. The first-order valence-corrected chi connectivity index (χ1v) is 10.8. The van der Waals surface area contributed by atoms with E-state index in [0.717, 1.165) is 22.3 Å². The van der Waals surface area contributed by atoms with E-state index in [2.05, 4.69) is 17.4 Å². The third-order valence-electron chi connectivity index (χ3n) is 5.73. The number of carbonyl (C=O) groups is 1. The van der Waals surface area contributed by atoms with E-state index >= 15 is 0 Å². The molecular formula is C25H24ClNO5. The highest BCUT2D eigenvalue weighted by molar-refractivity contribution is 6.30. The summed E-state index contributed by atoms with van der Waals surface area (Å²) in [6, 6.07) is 20.4. The van der Waals surface area contributed by atoms with Crippen LogP contribution in [0.2, 0.25) is 5.02 Å². The maximum absolute atomic E-state index is 12.2. The third kappa shape index (κ3) is 4.58. The summed E-state index contributed by atoms with van der Waals surface area (Å²) in [5, 5.41) is 33.3. The van der Waals surface area contributed by atoms with E-state index < -0.39 is 18.3 Å². The number of aliphatic hydroxyl groups excluding tert-OH is 2. The number of carbonyl (C=O) groups excluding carboxylic acids is 1. The highest BCUT2D eigenvalue weighted by Gasteiger charge is 2.29. The molecule has 0 saturated carbocycles. The smallest absolute Gasteiger partial charge is 0.407 e.